The fourth-order valence-corrected chi connectivity index (χ4v) is 6.86. The van der Waals surface area contributed by atoms with Crippen LogP contribution in [0.5, 0.6) is 0 Å². The highest BCUT2D eigenvalue weighted by Crippen LogP contribution is 2.33. The standard InChI is InChI=1S/C22H24N4.C14H13N.C8H11ClN2/c1-4-26-20-10-6-5-8-17(20)18-14-16(11-12-21(18)26)25-22-19(24-15(2)3)9-7-13-23-22;1-2-15-13-9-5-3-7-11(13)12-8-4-6-10-14(12)15;1-6(2)11-7-4-3-5-10-8(7)9/h5-15,24H,4H2,1-3H3,(H,23,25);3-10H,2H2,1H3;3-6,11H,1-2H3. The van der Waals surface area contributed by atoms with Gasteiger partial charge in [-0.25, -0.2) is 9.97 Å². The predicted octanol–water partition coefficient (Wildman–Crippen LogP) is 12.1. The van der Waals surface area contributed by atoms with Crippen molar-refractivity contribution in [2.75, 3.05) is 16.0 Å². The molecule has 0 aliphatic heterocycles. The Morgan fingerprint density at radius 1 is 0.538 bits per heavy atom. The van der Waals surface area contributed by atoms with Crippen LogP contribution in [0.3, 0.4) is 0 Å². The zero-order valence-electron chi connectivity index (χ0n) is 30.9. The summed E-state index contributed by atoms with van der Waals surface area (Å²) in [5, 5.41) is 15.9. The van der Waals surface area contributed by atoms with E-state index in [0.717, 1.165) is 36.0 Å². The summed E-state index contributed by atoms with van der Waals surface area (Å²) in [6.45, 7) is 14.7. The third kappa shape index (κ3) is 8.00. The molecular weight excluding hydrogens is 662 g/mol. The Morgan fingerprint density at radius 2 is 1.00 bits per heavy atom. The van der Waals surface area contributed by atoms with E-state index in [0.29, 0.717) is 17.2 Å². The van der Waals surface area contributed by atoms with E-state index in [1.165, 1.54) is 43.6 Å². The first kappa shape index (κ1) is 36.3. The van der Waals surface area contributed by atoms with Gasteiger partial charge in [0, 0.05) is 86.9 Å². The Labute approximate surface area is 311 Å². The monoisotopic (exact) mass is 709 g/mol. The van der Waals surface area contributed by atoms with Crippen LogP contribution >= 0.6 is 11.6 Å². The number of aromatic nitrogens is 4. The van der Waals surface area contributed by atoms with E-state index in [1.54, 1.807) is 6.20 Å². The lowest BCUT2D eigenvalue weighted by Crippen LogP contribution is -2.11. The Morgan fingerprint density at radius 3 is 1.52 bits per heavy atom. The summed E-state index contributed by atoms with van der Waals surface area (Å²) >= 11 is 5.79. The quantitative estimate of drug-likeness (QED) is 0.137. The molecule has 8 rings (SSSR count). The van der Waals surface area contributed by atoms with Crippen molar-refractivity contribution in [1.82, 2.24) is 19.1 Å². The third-order valence-electron chi connectivity index (χ3n) is 8.80. The first-order valence-corrected chi connectivity index (χ1v) is 18.5. The maximum absolute atomic E-state index is 5.79. The van der Waals surface area contributed by atoms with Gasteiger partial charge in [-0.05, 0) is 102 Å². The molecule has 4 aromatic heterocycles. The van der Waals surface area contributed by atoms with Crippen molar-refractivity contribution in [3.63, 3.8) is 0 Å². The summed E-state index contributed by atoms with van der Waals surface area (Å²) in [6, 6.07) is 40.8. The molecule has 3 N–H and O–H groups in total. The number of nitrogens with one attached hydrogen (secondary N) is 3. The van der Waals surface area contributed by atoms with E-state index in [2.05, 4.69) is 174 Å². The third-order valence-corrected chi connectivity index (χ3v) is 9.10. The summed E-state index contributed by atoms with van der Waals surface area (Å²) in [6.07, 6.45) is 3.49. The second-order valence-electron chi connectivity index (χ2n) is 13.2. The molecule has 0 bridgehead atoms. The van der Waals surface area contributed by atoms with Gasteiger partial charge in [0.25, 0.3) is 0 Å². The molecule has 0 atom stereocenters. The first-order valence-electron chi connectivity index (χ1n) is 18.1. The lowest BCUT2D eigenvalue weighted by Gasteiger charge is -2.15. The maximum Gasteiger partial charge on any atom is 0.153 e. The van der Waals surface area contributed by atoms with Gasteiger partial charge in [-0.1, -0.05) is 66.2 Å². The normalized spacial score (nSPS) is 11.1. The average molecular weight is 710 g/mol. The Kier molecular flexibility index (Phi) is 11.6. The zero-order chi connectivity index (χ0) is 36.6. The molecule has 266 valence electrons. The van der Waals surface area contributed by atoms with Crippen LogP contribution < -0.4 is 16.0 Å². The lowest BCUT2D eigenvalue weighted by atomic mass is 10.1. The molecule has 0 amide bonds. The number of nitrogens with zero attached hydrogens (tertiary/aromatic N) is 4. The number of fused-ring (bicyclic) bond motifs is 6. The number of halogens is 1. The molecular formula is C44H48ClN7. The van der Waals surface area contributed by atoms with Crippen LogP contribution in [0.15, 0.2) is 128 Å². The summed E-state index contributed by atoms with van der Waals surface area (Å²) in [5.74, 6) is 0.847. The van der Waals surface area contributed by atoms with Gasteiger partial charge in [-0.3, -0.25) is 0 Å². The van der Waals surface area contributed by atoms with Crippen LogP contribution in [0.4, 0.5) is 22.9 Å². The van der Waals surface area contributed by atoms with Gasteiger partial charge in [0.05, 0.1) is 11.4 Å². The molecule has 0 aliphatic rings. The van der Waals surface area contributed by atoms with Gasteiger partial charge in [-0.15, -0.1) is 0 Å². The van der Waals surface area contributed by atoms with Crippen molar-refractivity contribution in [1.29, 1.82) is 0 Å². The first-order chi connectivity index (χ1) is 25.3. The van der Waals surface area contributed by atoms with Crippen molar-refractivity contribution in [2.24, 2.45) is 0 Å². The van der Waals surface area contributed by atoms with Crippen molar-refractivity contribution in [2.45, 2.75) is 66.7 Å². The minimum Gasteiger partial charge on any atom is -0.380 e. The lowest BCUT2D eigenvalue weighted by molar-refractivity contribution is 0.827. The average Bonchev–Trinajstić information content (AvgIpc) is 3.65. The largest absolute Gasteiger partial charge is 0.380 e. The number of hydrogen-bond acceptors (Lipinski definition) is 5. The summed E-state index contributed by atoms with van der Waals surface area (Å²) < 4.78 is 4.73. The van der Waals surface area contributed by atoms with E-state index in [9.17, 15) is 0 Å². The summed E-state index contributed by atoms with van der Waals surface area (Å²) in [7, 11) is 0. The van der Waals surface area contributed by atoms with E-state index in [4.69, 9.17) is 11.6 Å². The van der Waals surface area contributed by atoms with Crippen LogP contribution in [-0.4, -0.2) is 31.2 Å². The van der Waals surface area contributed by atoms with Crippen LogP contribution in [-0.2, 0) is 13.1 Å². The van der Waals surface area contributed by atoms with Gasteiger partial charge in [0.2, 0.25) is 0 Å². The molecule has 4 aromatic carbocycles. The van der Waals surface area contributed by atoms with Crippen molar-refractivity contribution in [3.05, 3.63) is 133 Å². The van der Waals surface area contributed by atoms with Gasteiger partial charge in [0.15, 0.2) is 11.0 Å². The van der Waals surface area contributed by atoms with E-state index in [1.807, 2.05) is 24.4 Å². The fourth-order valence-electron chi connectivity index (χ4n) is 6.69. The predicted molar refractivity (Wildman–Crippen MR) is 225 cm³/mol. The number of aryl methyl sites for hydroxylation is 2. The minimum absolute atomic E-state index is 0.352. The molecule has 0 radical (unpaired) electrons. The van der Waals surface area contributed by atoms with Crippen molar-refractivity contribution in [3.8, 4) is 0 Å². The van der Waals surface area contributed by atoms with Crippen molar-refractivity contribution < 1.29 is 0 Å². The van der Waals surface area contributed by atoms with Gasteiger partial charge in [-0.2, -0.15) is 0 Å². The highest BCUT2D eigenvalue weighted by atomic mass is 35.5. The second-order valence-corrected chi connectivity index (χ2v) is 13.6. The topological polar surface area (TPSA) is 71.7 Å². The molecule has 0 aliphatic carbocycles. The minimum atomic E-state index is 0.352. The molecule has 0 saturated heterocycles. The molecule has 0 fully saturated rings. The van der Waals surface area contributed by atoms with Crippen LogP contribution in [0, 0.1) is 0 Å². The summed E-state index contributed by atoms with van der Waals surface area (Å²) in [5.41, 5.74) is 8.16. The highest BCUT2D eigenvalue weighted by molar-refractivity contribution is 6.31. The molecule has 7 nitrogen and oxygen atoms in total. The van der Waals surface area contributed by atoms with E-state index < -0.39 is 0 Å². The number of anilines is 4. The van der Waals surface area contributed by atoms with Gasteiger partial charge in [0.1, 0.15) is 0 Å². The fraction of sp³-hybridized carbons (Fsp3) is 0.227. The molecule has 0 spiro atoms. The van der Waals surface area contributed by atoms with E-state index >= 15 is 0 Å². The number of para-hydroxylation sites is 3. The molecule has 8 heteroatoms. The second kappa shape index (κ2) is 16.7. The Bertz CT molecular complexity index is 2350. The SMILES string of the molecule is CC(C)Nc1cccnc1Cl.CCn1c2ccccc2c2cc(Nc3ncccc3NC(C)C)ccc21.CCn1c2ccccc2c2ccccc21. The molecule has 4 heterocycles. The molecule has 0 saturated carbocycles. The summed E-state index contributed by atoms with van der Waals surface area (Å²) in [4.78, 5) is 8.45. The smallest absolute Gasteiger partial charge is 0.153 e. The number of hydrogen-bond donors (Lipinski definition) is 3. The van der Waals surface area contributed by atoms with E-state index in [-0.39, 0.29) is 0 Å². The number of rotatable bonds is 8. The van der Waals surface area contributed by atoms with Crippen molar-refractivity contribution >= 4 is 78.1 Å². The van der Waals surface area contributed by atoms with Gasteiger partial charge < -0.3 is 25.1 Å². The maximum atomic E-state index is 5.79. The number of benzene rings is 4. The molecule has 52 heavy (non-hydrogen) atoms. The highest BCUT2D eigenvalue weighted by Gasteiger charge is 2.11. The zero-order valence-corrected chi connectivity index (χ0v) is 31.6. The van der Waals surface area contributed by atoms with Crippen LogP contribution in [0.2, 0.25) is 5.15 Å². The molecule has 0 unspecified atom stereocenters. The van der Waals surface area contributed by atoms with Gasteiger partial charge >= 0.3 is 0 Å². The van der Waals surface area contributed by atoms with Crippen LogP contribution in [0.1, 0.15) is 41.5 Å². The Hall–Kier alpha value is -5.53. The molecule has 8 aromatic rings. The Balaban J connectivity index is 0.000000150. The number of pyridine rings is 2. The van der Waals surface area contributed by atoms with Crippen LogP contribution in [0.25, 0.3) is 43.6 Å².